The standard InChI is InChI=1S/C12H8ClNO2S4/c13-10-6-9-11(18-10)19-12(14-20(9,15)16)17-7-8-4-2-1-3-5-8/h1-6H,7H2. The number of hydrogen-bond acceptors (Lipinski definition) is 5. The van der Waals surface area contributed by atoms with Crippen molar-refractivity contribution in [2.24, 2.45) is 4.40 Å². The Morgan fingerprint density at radius 1 is 1.25 bits per heavy atom. The molecule has 3 rings (SSSR count). The molecule has 0 radical (unpaired) electrons. The van der Waals surface area contributed by atoms with E-state index in [0.717, 1.165) is 5.56 Å². The van der Waals surface area contributed by atoms with Crippen molar-refractivity contribution in [1.82, 2.24) is 0 Å². The maximum Gasteiger partial charge on any atom is 0.285 e. The van der Waals surface area contributed by atoms with Crippen LogP contribution in [-0.4, -0.2) is 12.8 Å². The average molecular weight is 362 g/mol. The second-order valence-corrected chi connectivity index (χ2v) is 9.65. The number of rotatable bonds is 2. The Labute approximate surface area is 134 Å². The summed E-state index contributed by atoms with van der Waals surface area (Å²) in [5.74, 6) is 0.691. The lowest BCUT2D eigenvalue weighted by atomic mass is 10.2. The second kappa shape index (κ2) is 5.73. The first-order chi connectivity index (χ1) is 9.54. The summed E-state index contributed by atoms with van der Waals surface area (Å²) in [7, 11) is -3.60. The lowest BCUT2D eigenvalue weighted by Gasteiger charge is -2.11. The molecule has 1 aliphatic rings. The van der Waals surface area contributed by atoms with Crippen LogP contribution in [-0.2, 0) is 15.8 Å². The number of thioether (sulfide) groups is 2. The van der Waals surface area contributed by atoms with Crippen LogP contribution in [0.15, 0.2) is 49.9 Å². The third kappa shape index (κ3) is 3.07. The van der Waals surface area contributed by atoms with Gasteiger partial charge in [-0.2, -0.15) is 8.42 Å². The minimum Gasteiger partial charge on any atom is -0.199 e. The van der Waals surface area contributed by atoms with Crippen LogP contribution < -0.4 is 0 Å². The van der Waals surface area contributed by atoms with Gasteiger partial charge in [-0.05, 0) is 23.4 Å². The van der Waals surface area contributed by atoms with E-state index in [4.69, 9.17) is 11.6 Å². The van der Waals surface area contributed by atoms with Gasteiger partial charge in [0.25, 0.3) is 10.0 Å². The zero-order chi connectivity index (χ0) is 14.2. The van der Waals surface area contributed by atoms with Crippen LogP contribution in [0.25, 0.3) is 0 Å². The second-order valence-electron chi connectivity index (χ2n) is 3.91. The summed E-state index contributed by atoms with van der Waals surface area (Å²) in [5, 5.41) is 0. The van der Waals surface area contributed by atoms with Gasteiger partial charge in [0.1, 0.15) is 9.27 Å². The number of hydrogen-bond donors (Lipinski definition) is 0. The Bertz CT molecular complexity index is 768. The van der Waals surface area contributed by atoms with Crippen molar-refractivity contribution < 1.29 is 8.42 Å². The highest BCUT2D eigenvalue weighted by molar-refractivity contribution is 8.39. The summed E-state index contributed by atoms with van der Waals surface area (Å²) in [5.41, 5.74) is 1.13. The first kappa shape index (κ1) is 14.5. The van der Waals surface area contributed by atoms with Crippen molar-refractivity contribution in [1.29, 1.82) is 0 Å². The minimum atomic E-state index is -3.60. The van der Waals surface area contributed by atoms with Crippen molar-refractivity contribution in [2.75, 3.05) is 0 Å². The van der Waals surface area contributed by atoms with Gasteiger partial charge in [0.2, 0.25) is 0 Å². The maximum atomic E-state index is 12.0. The van der Waals surface area contributed by atoms with E-state index >= 15 is 0 Å². The SMILES string of the molecule is O=S1(=O)N=C(SCc2ccccc2)Sc2sc(Cl)cc21. The van der Waals surface area contributed by atoms with Crippen molar-refractivity contribution >= 4 is 60.9 Å². The van der Waals surface area contributed by atoms with Gasteiger partial charge >= 0.3 is 0 Å². The van der Waals surface area contributed by atoms with E-state index in [1.165, 1.54) is 40.9 Å². The number of nitrogens with zero attached hydrogens (tertiary/aromatic N) is 1. The minimum absolute atomic E-state index is 0.224. The quantitative estimate of drug-likeness (QED) is 0.790. The molecule has 0 atom stereocenters. The molecule has 0 N–H and O–H groups in total. The molecule has 0 saturated heterocycles. The molecule has 0 fully saturated rings. The summed E-state index contributed by atoms with van der Waals surface area (Å²) >= 11 is 9.95. The molecule has 2 aromatic rings. The average Bonchev–Trinajstić information content (AvgIpc) is 2.79. The fourth-order valence-electron chi connectivity index (χ4n) is 1.60. The van der Waals surface area contributed by atoms with Gasteiger partial charge in [0.15, 0.2) is 0 Å². The van der Waals surface area contributed by atoms with Crippen molar-refractivity contribution in [3.05, 3.63) is 46.3 Å². The molecule has 0 aliphatic carbocycles. The van der Waals surface area contributed by atoms with E-state index in [1.54, 1.807) is 0 Å². The van der Waals surface area contributed by atoms with Crippen LogP contribution in [0, 0.1) is 0 Å². The molecule has 2 heterocycles. The van der Waals surface area contributed by atoms with Crippen molar-refractivity contribution in [3.8, 4) is 0 Å². The summed E-state index contributed by atoms with van der Waals surface area (Å²) in [6, 6.07) is 11.3. The highest BCUT2D eigenvalue weighted by Gasteiger charge is 2.28. The van der Waals surface area contributed by atoms with Crippen LogP contribution in [0.4, 0.5) is 0 Å². The molecule has 0 spiro atoms. The molecular formula is C12H8ClNO2S4. The fourth-order valence-corrected chi connectivity index (χ4v) is 7.63. The van der Waals surface area contributed by atoms with Gasteiger partial charge in [0.05, 0.1) is 8.55 Å². The number of fused-ring (bicyclic) bond motifs is 1. The summed E-state index contributed by atoms with van der Waals surface area (Å²) in [6.45, 7) is 0. The maximum absolute atomic E-state index is 12.0. The number of thiophene rings is 1. The van der Waals surface area contributed by atoms with E-state index in [0.29, 0.717) is 18.7 Å². The van der Waals surface area contributed by atoms with Gasteiger partial charge in [-0.15, -0.1) is 15.7 Å². The summed E-state index contributed by atoms with van der Waals surface area (Å²) in [6.07, 6.45) is 0. The van der Waals surface area contributed by atoms with Crippen LogP contribution in [0.5, 0.6) is 0 Å². The molecule has 104 valence electrons. The number of sulfonamides is 1. The van der Waals surface area contributed by atoms with Crippen LogP contribution in [0.1, 0.15) is 5.56 Å². The van der Waals surface area contributed by atoms with E-state index < -0.39 is 10.0 Å². The molecule has 1 aromatic heterocycles. The van der Waals surface area contributed by atoms with Crippen LogP contribution >= 0.6 is 46.5 Å². The normalized spacial score (nSPS) is 16.6. The molecule has 0 unspecified atom stereocenters. The highest BCUT2D eigenvalue weighted by Crippen LogP contribution is 2.44. The zero-order valence-electron chi connectivity index (χ0n) is 9.95. The number of halogens is 1. The lowest BCUT2D eigenvalue weighted by Crippen LogP contribution is -2.05. The Balaban J connectivity index is 1.81. The van der Waals surface area contributed by atoms with Gasteiger partial charge < -0.3 is 0 Å². The Morgan fingerprint density at radius 3 is 2.75 bits per heavy atom. The number of benzene rings is 1. The Kier molecular flexibility index (Phi) is 4.14. The molecule has 1 aliphatic heterocycles. The zero-order valence-corrected chi connectivity index (χ0v) is 14.0. The van der Waals surface area contributed by atoms with E-state index in [9.17, 15) is 8.42 Å². The molecule has 3 nitrogen and oxygen atoms in total. The molecule has 8 heteroatoms. The third-order valence-corrected chi connectivity index (χ3v) is 7.93. The highest BCUT2D eigenvalue weighted by atomic mass is 35.5. The topological polar surface area (TPSA) is 46.5 Å². The fraction of sp³-hybridized carbons (Fsp3) is 0.0833. The summed E-state index contributed by atoms with van der Waals surface area (Å²) < 4.78 is 29.6. The van der Waals surface area contributed by atoms with E-state index in [2.05, 4.69) is 4.40 Å². The molecular weight excluding hydrogens is 354 g/mol. The van der Waals surface area contributed by atoms with E-state index in [-0.39, 0.29) is 4.90 Å². The largest absolute Gasteiger partial charge is 0.285 e. The smallest absolute Gasteiger partial charge is 0.199 e. The van der Waals surface area contributed by atoms with Crippen LogP contribution in [0.2, 0.25) is 4.34 Å². The van der Waals surface area contributed by atoms with Gasteiger partial charge in [-0.1, -0.05) is 53.7 Å². The summed E-state index contributed by atoms with van der Waals surface area (Å²) in [4.78, 5) is 0.224. The third-order valence-electron chi connectivity index (χ3n) is 2.49. The molecule has 0 amide bonds. The Hall–Kier alpha value is -0.470. The first-order valence-corrected chi connectivity index (χ1v) is 9.97. The Morgan fingerprint density at radius 2 is 2.00 bits per heavy atom. The van der Waals surface area contributed by atoms with Gasteiger partial charge in [-0.25, -0.2) is 0 Å². The molecule has 20 heavy (non-hydrogen) atoms. The lowest BCUT2D eigenvalue weighted by molar-refractivity contribution is 0.597. The van der Waals surface area contributed by atoms with Gasteiger partial charge in [-0.3, -0.25) is 0 Å². The van der Waals surface area contributed by atoms with Crippen LogP contribution in [0.3, 0.4) is 0 Å². The predicted octanol–water partition coefficient (Wildman–Crippen LogP) is 4.49. The van der Waals surface area contributed by atoms with Crippen molar-refractivity contribution in [3.63, 3.8) is 0 Å². The molecule has 0 saturated carbocycles. The van der Waals surface area contributed by atoms with Crippen molar-refractivity contribution in [2.45, 2.75) is 14.9 Å². The van der Waals surface area contributed by atoms with E-state index in [1.807, 2.05) is 30.3 Å². The molecule has 1 aromatic carbocycles. The predicted molar refractivity (Wildman–Crippen MR) is 87.5 cm³/mol. The monoisotopic (exact) mass is 361 g/mol. The molecule has 0 bridgehead atoms. The van der Waals surface area contributed by atoms with Gasteiger partial charge in [0, 0.05) is 5.75 Å². The first-order valence-electron chi connectivity index (χ1n) is 5.53.